The van der Waals surface area contributed by atoms with Crippen molar-refractivity contribution in [3.8, 4) is 0 Å². The highest BCUT2D eigenvalue weighted by Gasteiger charge is 2.09. The van der Waals surface area contributed by atoms with Gasteiger partial charge in [0, 0.05) is 12.7 Å². The molecule has 6 heteroatoms. The number of nitrogens with one attached hydrogen (secondary N) is 2. The van der Waals surface area contributed by atoms with Crippen molar-refractivity contribution in [3.05, 3.63) is 60.0 Å². The number of anilines is 1. The van der Waals surface area contributed by atoms with Crippen LogP contribution in [0, 0.1) is 5.82 Å². The van der Waals surface area contributed by atoms with Crippen LogP contribution >= 0.6 is 0 Å². The van der Waals surface area contributed by atoms with Gasteiger partial charge < -0.3 is 10.4 Å². The second kappa shape index (κ2) is 6.63. The van der Waals surface area contributed by atoms with Gasteiger partial charge in [-0.1, -0.05) is 18.2 Å². The molecule has 0 radical (unpaired) electrons. The van der Waals surface area contributed by atoms with E-state index in [1.807, 2.05) is 0 Å². The summed E-state index contributed by atoms with van der Waals surface area (Å²) in [5, 5.41) is 14.9. The number of hydrogen-bond acceptors (Lipinski definition) is 3. The molecule has 1 aromatic carbocycles. The number of hydrogen-bond donors (Lipinski definition) is 3. The maximum absolute atomic E-state index is 12.7. The third kappa shape index (κ3) is 4.03. The molecule has 0 saturated carbocycles. The normalized spacial score (nSPS) is 11.7. The maximum Gasteiger partial charge on any atom is 0.320 e. The number of halogens is 1. The number of benzene rings is 1. The highest BCUT2D eigenvalue weighted by Crippen LogP contribution is 2.12. The SMILES string of the molecule is O=C(NCC(O)c1ccc(F)cc1)Nc1ccccn1. The smallest absolute Gasteiger partial charge is 0.320 e. The van der Waals surface area contributed by atoms with Crippen molar-refractivity contribution in [2.24, 2.45) is 0 Å². The minimum absolute atomic E-state index is 0.0182. The first-order valence-electron chi connectivity index (χ1n) is 6.04. The standard InChI is InChI=1S/C14H14FN3O2/c15-11-6-4-10(5-7-11)12(19)9-17-14(20)18-13-3-1-2-8-16-13/h1-8,12,19H,9H2,(H2,16,17,18,20). The van der Waals surface area contributed by atoms with E-state index >= 15 is 0 Å². The van der Waals surface area contributed by atoms with E-state index in [2.05, 4.69) is 15.6 Å². The lowest BCUT2D eigenvalue weighted by Gasteiger charge is -2.12. The largest absolute Gasteiger partial charge is 0.387 e. The Kier molecular flexibility index (Phi) is 4.62. The van der Waals surface area contributed by atoms with Gasteiger partial charge in [-0.15, -0.1) is 0 Å². The van der Waals surface area contributed by atoms with Crippen molar-refractivity contribution in [1.82, 2.24) is 10.3 Å². The minimum Gasteiger partial charge on any atom is -0.387 e. The Bertz CT molecular complexity index is 560. The van der Waals surface area contributed by atoms with Gasteiger partial charge in [0.2, 0.25) is 0 Å². The number of aliphatic hydroxyl groups is 1. The lowest BCUT2D eigenvalue weighted by molar-refractivity contribution is 0.175. The molecule has 5 nitrogen and oxygen atoms in total. The Balaban J connectivity index is 1.82. The van der Waals surface area contributed by atoms with Gasteiger partial charge in [0.05, 0.1) is 6.10 Å². The van der Waals surface area contributed by atoms with Crippen LogP contribution in [0.5, 0.6) is 0 Å². The van der Waals surface area contributed by atoms with Crippen molar-refractivity contribution < 1.29 is 14.3 Å². The van der Waals surface area contributed by atoms with Crippen LogP contribution in [0.2, 0.25) is 0 Å². The molecular weight excluding hydrogens is 261 g/mol. The number of rotatable bonds is 4. The van der Waals surface area contributed by atoms with Gasteiger partial charge in [-0.25, -0.2) is 14.2 Å². The van der Waals surface area contributed by atoms with Crippen molar-refractivity contribution in [1.29, 1.82) is 0 Å². The molecule has 104 valence electrons. The molecule has 1 heterocycles. The molecule has 0 saturated heterocycles. The highest BCUT2D eigenvalue weighted by atomic mass is 19.1. The molecule has 1 unspecified atom stereocenters. The average molecular weight is 275 g/mol. The summed E-state index contributed by atoms with van der Waals surface area (Å²) >= 11 is 0. The molecule has 0 aliphatic rings. The van der Waals surface area contributed by atoms with Crippen LogP contribution in [-0.4, -0.2) is 22.7 Å². The number of aliphatic hydroxyl groups excluding tert-OH is 1. The van der Waals surface area contributed by atoms with Gasteiger partial charge in [-0.3, -0.25) is 5.32 Å². The van der Waals surface area contributed by atoms with E-state index in [0.717, 1.165) is 0 Å². The Morgan fingerprint density at radius 2 is 2.00 bits per heavy atom. The molecule has 2 amide bonds. The highest BCUT2D eigenvalue weighted by molar-refractivity contribution is 5.88. The van der Waals surface area contributed by atoms with Crippen molar-refractivity contribution in [2.45, 2.75) is 6.10 Å². The number of urea groups is 1. The summed E-state index contributed by atoms with van der Waals surface area (Å²) in [4.78, 5) is 15.5. The van der Waals surface area contributed by atoms with Crippen molar-refractivity contribution >= 4 is 11.8 Å². The summed E-state index contributed by atoms with van der Waals surface area (Å²) in [5.41, 5.74) is 0.532. The van der Waals surface area contributed by atoms with Crippen LogP contribution in [-0.2, 0) is 0 Å². The molecule has 0 fully saturated rings. The number of carbonyl (C=O) groups excluding carboxylic acids is 1. The fourth-order valence-electron chi connectivity index (χ4n) is 1.59. The Morgan fingerprint density at radius 1 is 1.25 bits per heavy atom. The summed E-state index contributed by atoms with van der Waals surface area (Å²) in [6, 6.07) is 10.1. The average Bonchev–Trinajstić information content (AvgIpc) is 2.46. The number of aromatic nitrogens is 1. The number of pyridine rings is 1. The van der Waals surface area contributed by atoms with E-state index in [1.54, 1.807) is 24.4 Å². The van der Waals surface area contributed by atoms with E-state index in [9.17, 15) is 14.3 Å². The zero-order valence-corrected chi connectivity index (χ0v) is 10.6. The Morgan fingerprint density at radius 3 is 2.65 bits per heavy atom. The molecule has 20 heavy (non-hydrogen) atoms. The van der Waals surface area contributed by atoms with Gasteiger partial charge in [-0.2, -0.15) is 0 Å². The maximum atomic E-state index is 12.7. The molecule has 1 atom stereocenters. The monoisotopic (exact) mass is 275 g/mol. The minimum atomic E-state index is -0.898. The van der Waals surface area contributed by atoms with Crippen LogP contribution in [0.4, 0.5) is 15.0 Å². The molecule has 2 aromatic rings. The van der Waals surface area contributed by atoms with E-state index in [4.69, 9.17) is 0 Å². The molecule has 0 bridgehead atoms. The summed E-state index contributed by atoms with van der Waals surface area (Å²) in [6.07, 6.45) is 0.660. The zero-order chi connectivity index (χ0) is 14.4. The second-order valence-corrected chi connectivity index (χ2v) is 4.12. The molecular formula is C14H14FN3O2. The molecule has 1 aromatic heterocycles. The van der Waals surface area contributed by atoms with E-state index in [-0.39, 0.29) is 12.4 Å². The summed E-state index contributed by atoms with van der Waals surface area (Å²) < 4.78 is 12.7. The summed E-state index contributed by atoms with van der Waals surface area (Å²) in [6.45, 7) is 0.0182. The van der Waals surface area contributed by atoms with Gasteiger partial charge >= 0.3 is 6.03 Å². The third-order valence-corrected chi connectivity index (χ3v) is 2.62. The van der Waals surface area contributed by atoms with Crippen LogP contribution in [0.15, 0.2) is 48.7 Å². The number of amides is 2. The molecule has 0 spiro atoms. The predicted octanol–water partition coefficient (Wildman–Crippen LogP) is 2.08. The van der Waals surface area contributed by atoms with E-state index in [0.29, 0.717) is 11.4 Å². The van der Waals surface area contributed by atoms with E-state index in [1.165, 1.54) is 24.3 Å². The molecule has 3 N–H and O–H groups in total. The van der Waals surface area contributed by atoms with Crippen LogP contribution < -0.4 is 10.6 Å². The van der Waals surface area contributed by atoms with Gasteiger partial charge in [0.1, 0.15) is 11.6 Å². The van der Waals surface area contributed by atoms with Gasteiger partial charge in [-0.05, 0) is 29.8 Å². The molecule has 0 aliphatic heterocycles. The fraction of sp³-hybridized carbons (Fsp3) is 0.143. The number of carbonyl (C=O) groups is 1. The Labute approximate surface area is 115 Å². The first-order valence-corrected chi connectivity index (χ1v) is 6.04. The van der Waals surface area contributed by atoms with E-state index < -0.39 is 12.1 Å². The topological polar surface area (TPSA) is 74.2 Å². The Hall–Kier alpha value is -2.47. The second-order valence-electron chi connectivity index (χ2n) is 4.12. The van der Waals surface area contributed by atoms with Gasteiger partial charge in [0.25, 0.3) is 0 Å². The quantitative estimate of drug-likeness (QED) is 0.799. The first kappa shape index (κ1) is 14.0. The lowest BCUT2D eigenvalue weighted by atomic mass is 10.1. The summed E-state index contributed by atoms with van der Waals surface area (Å²) in [7, 11) is 0. The van der Waals surface area contributed by atoms with Crippen LogP contribution in [0.25, 0.3) is 0 Å². The van der Waals surface area contributed by atoms with Crippen molar-refractivity contribution in [2.75, 3.05) is 11.9 Å². The van der Waals surface area contributed by atoms with Crippen molar-refractivity contribution in [3.63, 3.8) is 0 Å². The van der Waals surface area contributed by atoms with Gasteiger partial charge in [0.15, 0.2) is 0 Å². The van der Waals surface area contributed by atoms with Crippen LogP contribution in [0.3, 0.4) is 0 Å². The third-order valence-electron chi connectivity index (χ3n) is 2.62. The predicted molar refractivity (Wildman–Crippen MR) is 72.6 cm³/mol. The first-order chi connectivity index (χ1) is 9.65. The molecule has 2 rings (SSSR count). The fourth-order valence-corrected chi connectivity index (χ4v) is 1.59. The number of nitrogens with zero attached hydrogens (tertiary/aromatic N) is 1. The summed E-state index contributed by atoms with van der Waals surface area (Å²) in [5.74, 6) is 0.0445. The van der Waals surface area contributed by atoms with Crippen LogP contribution in [0.1, 0.15) is 11.7 Å². The zero-order valence-electron chi connectivity index (χ0n) is 10.6. The lowest BCUT2D eigenvalue weighted by Crippen LogP contribution is -2.32. The molecule has 0 aliphatic carbocycles.